The molecule has 2 rings (SSSR count). The number of unbranched alkanes of at least 4 members (excludes halogenated alkanes) is 3. The van der Waals surface area contributed by atoms with Crippen LogP contribution in [0.2, 0.25) is 0 Å². The third-order valence-electron chi connectivity index (χ3n) is 4.84. The fraction of sp³-hybridized carbons (Fsp3) is 0.476. The van der Waals surface area contributed by atoms with Crippen LogP contribution in [0, 0.1) is 11.6 Å². The molecule has 1 aromatic carbocycles. The second-order valence-electron chi connectivity index (χ2n) is 7.30. The second-order valence-corrected chi connectivity index (χ2v) is 7.30. The molecule has 0 bridgehead atoms. The van der Waals surface area contributed by atoms with Crippen molar-refractivity contribution in [2.75, 3.05) is 29.0 Å². The van der Waals surface area contributed by atoms with Gasteiger partial charge in [0.05, 0.1) is 6.54 Å². The average molecular weight is 437 g/mol. The van der Waals surface area contributed by atoms with Crippen molar-refractivity contribution in [2.24, 2.45) is 0 Å². The number of carbonyl (C=O) groups is 1. The van der Waals surface area contributed by atoms with Crippen LogP contribution in [0.3, 0.4) is 0 Å². The highest BCUT2D eigenvalue weighted by Gasteiger charge is 2.21. The first-order chi connectivity index (χ1) is 14.8. The van der Waals surface area contributed by atoms with Gasteiger partial charge in [-0.2, -0.15) is 0 Å². The molecule has 8 nitrogen and oxygen atoms in total. The van der Waals surface area contributed by atoms with E-state index in [2.05, 4.69) is 10.3 Å². The molecule has 1 aromatic heterocycles. The second kappa shape index (κ2) is 11.3. The van der Waals surface area contributed by atoms with Gasteiger partial charge in [-0.15, -0.1) is 0 Å². The zero-order valence-electron chi connectivity index (χ0n) is 17.8. The molecule has 31 heavy (non-hydrogen) atoms. The minimum absolute atomic E-state index is 0.000625. The number of nitrogens with one attached hydrogen (secondary N) is 2. The first-order valence-corrected chi connectivity index (χ1v) is 10.4. The standard InChI is InChI=1S/C21H29F2N5O3/c1-3-5-7-10-27(13-17(29)25-14-8-9-15(22)16(23)12-14)18-19(24)28(11-6-4-2)21(31)26-20(18)30/h8-9,12H,3-7,10-11,13,24H2,1-2H3,(H,25,29)(H,26,30,31). The quantitative estimate of drug-likeness (QED) is 0.468. The van der Waals surface area contributed by atoms with E-state index in [1.165, 1.54) is 15.5 Å². The smallest absolute Gasteiger partial charge is 0.330 e. The predicted molar refractivity (Wildman–Crippen MR) is 117 cm³/mol. The van der Waals surface area contributed by atoms with E-state index in [0.29, 0.717) is 25.9 Å². The van der Waals surface area contributed by atoms with Gasteiger partial charge >= 0.3 is 5.69 Å². The maximum atomic E-state index is 13.4. The van der Waals surface area contributed by atoms with E-state index in [4.69, 9.17) is 5.73 Å². The van der Waals surface area contributed by atoms with Crippen molar-refractivity contribution < 1.29 is 13.6 Å². The number of halogens is 2. The first kappa shape index (κ1) is 24.1. The molecule has 0 unspecified atom stereocenters. The predicted octanol–water partition coefficient (Wildman–Crippen LogP) is 2.83. The Kier molecular flexibility index (Phi) is 8.77. The zero-order valence-corrected chi connectivity index (χ0v) is 17.8. The third-order valence-corrected chi connectivity index (χ3v) is 4.84. The molecule has 0 aliphatic carbocycles. The number of hydrogen-bond acceptors (Lipinski definition) is 5. The molecule has 2 aromatic rings. The van der Waals surface area contributed by atoms with Crippen LogP contribution < -0.4 is 27.2 Å². The molecule has 0 spiro atoms. The molecule has 0 saturated heterocycles. The van der Waals surface area contributed by atoms with Crippen molar-refractivity contribution >= 4 is 23.1 Å². The Labute approximate surface area is 179 Å². The molecule has 1 heterocycles. The molecular formula is C21H29F2N5O3. The topological polar surface area (TPSA) is 113 Å². The van der Waals surface area contributed by atoms with Gasteiger partial charge in [0.25, 0.3) is 5.56 Å². The molecule has 0 aliphatic rings. The molecule has 1 amide bonds. The van der Waals surface area contributed by atoms with Crippen molar-refractivity contribution in [1.29, 1.82) is 0 Å². The van der Waals surface area contributed by atoms with Crippen LogP contribution in [0.5, 0.6) is 0 Å². The van der Waals surface area contributed by atoms with E-state index in [1.54, 1.807) is 0 Å². The van der Waals surface area contributed by atoms with Gasteiger partial charge in [-0.05, 0) is 25.0 Å². The van der Waals surface area contributed by atoms with Gasteiger partial charge in [0.1, 0.15) is 11.5 Å². The number of nitrogens with zero attached hydrogens (tertiary/aromatic N) is 2. The van der Waals surface area contributed by atoms with Gasteiger partial charge in [-0.3, -0.25) is 19.1 Å². The van der Waals surface area contributed by atoms with Gasteiger partial charge in [-0.1, -0.05) is 33.1 Å². The summed E-state index contributed by atoms with van der Waals surface area (Å²) in [5.41, 5.74) is 5.04. The fourth-order valence-electron chi connectivity index (χ4n) is 3.19. The summed E-state index contributed by atoms with van der Waals surface area (Å²) in [5.74, 6) is -2.64. The Morgan fingerprint density at radius 2 is 1.84 bits per heavy atom. The SMILES string of the molecule is CCCCCN(CC(=O)Nc1ccc(F)c(F)c1)c1c(N)n(CCCC)c(=O)[nH]c1=O. The summed E-state index contributed by atoms with van der Waals surface area (Å²) >= 11 is 0. The fourth-order valence-corrected chi connectivity index (χ4v) is 3.19. The average Bonchev–Trinajstić information content (AvgIpc) is 2.70. The molecule has 0 saturated carbocycles. The van der Waals surface area contributed by atoms with Crippen LogP contribution >= 0.6 is 0 Å². The van der Waals surface area contributed by atoms with E-state index < -0.39 is 28.8 Å². The van der Waals surface area contributed by atoms with Crippen molar-refractivity contribution in [3.05, 3.63) is 50.7 Å². The first-order valence-electron chi connectivity index (χ1n) is 10.4. The monoisotopic (exact) mass is 437 g/mol. The molecule has 0 radical (unpaired) electrons. The van der Waals surface area contributed by atoms with Gasteiger partial charge in [0.2, 0.25) is 5.91 Å². The number of nitrogen functional groups attached to an aromatic ring is 1. The van der Waals surface area contributed by atoms with Gasteiger partial charge in [-0.25, -0.2) is 13.6 Å². The Hall–Kier alpha value is -3.17. The van der Waals surface area contributed by atoms with E-state index in [9.17, 15) is 23.2 Å². The molecule has 10 heteroatoms. The summed E-state index contributed by atoms with van der Waals surface area (Å²) in [6.07, 6.45) is 4.02. The lowest BCUT2D eigenvalue weighted by Crippen LogP contribution is -2.42. The lowest BCUT2D eigenvalue weighted by atomic mass is 10.2. The molecule has 170 valence electrons. The summed E-state index contributed by atoms with van der Waals surface area (Å²) in [6, 6.07) is 3.03. The van der Waals surface area contributed by atoms with Gasteiger partial charge in [0.15, 0.2) is 11.6 Å². The van der Waals surface area contributed by atoms with E-state index in [1.807, 2.05) is 13.8 Å². The lowest BCUT2D eigenvalue weighted by molar-refractivity contribution is -0.115. The van der Waals surface area contributed by atoms with Gasteiger partial charge in [0, 0.05) is 24.8 Å². The number of amides is 1. The zero-order chi connectivity index (χ0) is 23.0. The highest BCUT2D eigenvalue weighted by atomic mass is 19.2. The Bertz CT molecular complexity index is 1020. The summed E-state index contributed by atoms with van der Waals surface area (Å²) in [4.78, 5) is 41.1. The minimum Gasteiger partial charge on any atom is -0.383 e. The number of aromatic nitrogens is 2. The highest BCUT2D eigenvalue weighted by Crippen LogP contribution is 2.19. The molecular weight excluding hydrogens is 408 g/mol. The van der Waals surface area contributed by atoms with E-state index in [-0.39, 0.29) is 23.7 Å². The Morgan fingerprint density at radius 3 is 2.48 bits per heavy atom. The summed E-state index contributed by atoms with van der Waals surface area (Å²) in [5, 5.41) is 2.49. The summed E-state index contributed by atoms with van der Waals surface area (Å²) < 4.78 is 27.8. The number of benzene rings is 1. The largest absolute Gasteiger partial charge is 0.383 e. The maximum Gasteiger partial charge on any atom is 0.330 e. The number of aromatic amines is 1. The van der Waals surface area contributed by atoms with E-state index >= 15 is 0 Å². The number of hydrogen-bond donors (Lipinski definition) is 3. The van der Waals surface area contributed by atoms with Crippen LogP contribution in [0.15, 0.2) is 27.8 Å². The van der Waals surface area contributed by atoms with Crippen molar-refractivity contribution in [3.8, 4) is 0 Å². The molecule has 0 aliphatic heterocycles. The van der Waals surface area contributed by atoms with Crippen molar-refractivity contribution in [2.45, 2.75) is 52.5 Å². The normalized spacial score (nSPS) is 10.8. The van der Waals surface area contributed by atoms with Crippen LogP contribution in [0.25, 0.3) is 0 Å². The number of anilines is 3. The van der Waals surface area contributed by atoms with Crippen LogP contribution in [0.4, 0.5) is 26.0 Å². The van der Waals surface area contributed by atoms with Crippen molar-refractivity contribution in [3.63, 3.8) is 0 Å². The lowest BCUT2D eigenvalue weighted by Gasteiger charge is -2.25. The van der Waals surface area contributed by atoms with Crippen LogP contribution in [-0.4, -0.2) is 28.5 Å². The summed E-state index contributed by atoms with van der Waals surface area (Å²) in [6.45, 7) is 4.44. The number of carbonyl (C=O) groups excluding carboxylic acids is 1. The molecule has 0 fully saturated rings. The summed E-state index contributed by atoms with van der Waals surface area (Å²) in [7, 11) is 0. The highest BCUT2D eigenvalue weighted by molar-refractivity contribution is 5.94. The number of rotatable bonds is 11. The van der Waals surface area contributed by atoms with Crippen LogP contribution in [0.1, 0.15) is 46.0 Å². The Balaban J connectivity index is 2.32. The molecule has 4 N–H and O–H groups in total. The molecule has 0 atom stereocenters. The number of nitrogens with two attached hydrogens (primary N) is 1. The maximum absolute atomic E-state index is 13.4. The van der Waals surface area contributed by atoms with Gasteiger partial charge < -0.3 is 16.0 Å². The van der Waals surface area contributed by atoms with E-state index in [0.717, 1.165) is 31.4 Å². The number of H-pyrrole nitrogens is 1. The van der Waals surface area contributed by atoms with Crippen LogP contribution in [-0.2, 0) is 11.3 Å². The van der Waals surface area contributed by atoms with Crippen molar-refractivity contribution in [1.82, 2.24) is 9.55 Å². The Morgan fingerprint density at radius 1 is 1.13 bits per heavy atom. The third kappa shape index (κ3) is 6.40. The minimum atomic E-state index is -1.08.